The number of carbonyl (C=O) groups is 2. The second kappa shape index (κ2) is 8.98. The summed E-state index contributed by atoms with van der Waals surface area (Å²) < 4.78 is 10.8. The zero-order valence-electron chi connectivity index (χ0n) is 13.8. The summed E-state index contributed by atoms with van der Waals surface area (Å²) in [6, 6.07) is 12.2. The largest absolute Gasteiger partial charge is 0.483 e. The molecule has 2 aromatic rings. The molecule has 0 aliphatic heterocycles. The third-order valence-electron chi connectivity index (χ3n) is 3.18. The van der Waals surface area contributed by atoms with E-state index in [9.17, 15) is 9.59 Å². The average molecular weight is 405 g/mol. The fourth-order valence-electron chi connectivity index (χ4n) is 1.90. The van der Waals surface area contributed by atoms with Crippen LogP contribution in [0.3, 0.4) is 0 Å². The van der Waals surface area contributed by atoms with Crippen LogP contribution in [0, 0.1) is 6.92 Å². The van der Waals surface area contributed by atoms with Gasteiger partial charge in [0.15, 0.2) is 6.61 Å². The van der Waals surface area contributed by atoms with Crippen molar-refractivity contribution in [1.29, 1.82) is 0 Å². The van der Waals surface area contributed by atoms with Gasteiger partial charge in [-0.3, -0.25) is 4.79 Å². The molecule has 0 radical (unpaired) electrons. The highest BCUT2D eigenvalue weighted by Gasteiger charge is 2.05. The van der Waals surface area contributed by atoms with Gasteiger partial charge >= 0.3 is 5.97 Å². The first-order valence-corrected chi connectivity index (χ1v) is 8.18. The second-order valence-electron chi connectivity index (χ2n) is 5.13. The van der Waals surface area contributed by atoms with E-state index < -0.39 is 5.97 Å². The monoisotopic (exact) mass is 404 g/mol. The minimum atomic E-state index is -0.406. The van der Waals surface area contributed by atoms with E-state index in [4.69, 9.17) is 4.74 Å². The summed E-state index contributed by atoms with van der Waals surface area (Å²) in [6.45, 7) is 1.81. The van der Waals surface area contributed by atoms with Gasteiger partial charge in [-0.05, 0) is 58.2 Å². The molecule has 130 valence electrons. The summed E-state index contributed by atoms with van der Waals surface area (Å²) in [5.74, 6) is -0.200. The van der Waals surface area contributed by atoms with Crippen molar-refractivity contribution >= 4 is 34.0 Å². The Morgan fingerprint density at radius 1 is 1.20 bits per heavy atom. The van der Waals surface area contributed by atoms with Gasteiger partial charge in [-0.25, -0.2) is 10.2 Å². The van der Waals surface area contributed by atoms with Crippen molar-refractivity contribution in [2.45, 2.75) is 6.92 Å². The van der Waals surface area contributed by atoms with Gasteiger partial charge in [0.25, 0.3) is 5.91 Å². The van der Waals surface area contributed by atoms with E-state index in [1.165, 1.54) is 13.3 Å². The SMILES string of the molecule is COC(=O)c1ccc(/C=N/NC(=O)COc2ccc(C)cc2Br)cc1. The molecule has 0 heterocycles. The summed E-state index contributed by atoms with van der Waals surface area (Å²) in [6.07, 6.45) is 1.47. The van der Waals surface area contributed by atoms with Gasteiger partial charge in [-0.15, -0.1) is 0 Å². The normalized spacial score (nSPS) is 10.5. The molecule has 0 fully saturated rings. The third-order valence-corrected chi connectivity index (χ3v) is 3.80. The fourth-order valence-corrected chi connectivity index (χ4v) is 2.51. The van der Waals surface area contributed by atoms with Gasteiger partial charge in [-0.1, -0.05) is 18.2 Å². The van der Waals surface area contributed by atoms with Crippen LogP contribution in [0.2, 0.25) is 0 Å². The summed E-state index contributed by atoms with van der Waals surface area (Å²) in [5.41, 5.74) is 4.65. The predicted molar refractivity (Wildman–Crippen MR) is 97.9 cm³/mol. The van der Waals surface area contributed by atoms with Crippen molar-refractivity contribution in [2.24, 2.45) is 5.10 Å². The predicted octanol–water partition coefficient (Wildman–Crippen LogP) is 3.07. The summed E-state index contributed by atoms with van der Waals surface area (Å²) in [5, 5.41) is 3.85. The number of nitrogens with one attached hydrogen (secondary N) is 1. The number of benzene rings is 2. The number of rotatable bonds is 6. The van der Waals surface area contributed by atoms with E-state index in [0.29, 0.717) is 11.3 Å². The Bertz CT molecular complexity index is 788. The molecular weight excluding hydrogens is 388 g/mol. The molecule has 0 aromatic heterocycles. The number of hydrogen-bond donors (Lipinski definition) is 1. The zero-order valence-corrected chi connectivity index (χ0v) is 15.4. The lowest BCUT2D eigenvalue weighted by molar-refractivity contribution is -0.123. The van der Waals surface area contributed by atoms with Gasteiger partial charge in [0, 0.05) is 0 Å². The lowest BCUT2D eigenvalue weighted by Gasteiger charge is -2.07. The molecule has 0 atom stereocenters. The Labute approximate surface area is 154 Å². The summed E-state index contributed by atoms with van der Waals surface area (Å²) in [7, 11) is 1.32. The molecule has 0 bridgehead atoms. The number of methoxy groups -OCH3 is 1. The molecule has 2 aromatic carbocycles. The van der Waals surface area contributed by atoms with Gasteiger partial charge in [0.1, 0.15) is 5.75 Å². The zero-order chi connectivity index (χ0) is 18.2. The molecular formula is C18H17BrN2O4. The van der Waals surface area contributed by atoms with Crippen LogP contribution >= 0.6 is 15.9 Å². The van der Waals surface area contributed by atoms with Crippen molar-refractivity contribution < 1.29 is 19.1 Å². The summed E-state index contributed by atoms with van der Waals surface area (Å²) >= 11 is 3.38. The van der Waals surface area contributed by atoms with E-state index in [0.717, 1.165) is 15.6 Å². The average Bonchev–Trinajstić information content (AvgIpc) is 2.61. The Balaban J connectivity index is 1.83. The molecule has 0 spiro atoms. The molecule has 6 nitrogen and oxygen atoms in total. The number of aryl methyl sites for hydroxylation is 1. The third kappa shape index (κ3) is 5.72. The van der Waals surface area contributed by atoms with Crippen LogP contribution in [-0.2, 0) is 9.53 Å². The quantitative estimate of drug-likeness (QED) is 0.455. The first kappa shape index (κ1) is 18.7. The standard InChI is InChI=1S/C18H17BrN2O4/c1-12-3-8-16(15(19)9-12)25-11-17(22)21-20-10-13-4-6-14(7-5-13)18(23)24-2/h3-10H,11H2,1-2H3,(H,21,22)/b20-10+. The van der Waals surface area contributed by atoms with Crippen molar-refractivity contribution in [3.8, 4) is 5.75 Å². The van der Waals surface area contributed by atoms with Gasteiger partial charge in [0.2, 0.25) is 0 Å². The van der Waals surface area contributed by atoms with Crippen LogP contribution in [-0.4, -0.2) is 31.8 Å². The number of carbonyl (C=O) groups excluding carboxylic acids is 2. The highest BCUT2D eigenvalue weighted by Crippen LogP contribution is 2.25. The molecule has 25 heavy (non-hydrogen) atoms. The van der Waals surface area contributed by atoms with Crippen molar-refractivity contribution in [3.63, 3.8) is 0 Å². The molecule has 1 amide bonds. The first-order chi connectivity index (χ1) is 12.0. The number of hydrogen-bond acceptors (Lipinski definition) is 5. The number of ether oxygens (including phenoxy) is 2. The Kier molecular flexibility index (Phi) is 6.71. The van der Waals surface area contributed by atoms with Crippen LogP contribution in [0.15, 0.2) is 52.0 Å². The molecule has 0 aliphatic rings. The van der Waals surface area contributed by atoms with Crippen molar-refractivity contribution in [3.05, 3.63) is 63.6 Å². The number of nitrogens with zero attached hydrogens (tertiary/aromatic N) is 1. The maximum Gasteiger partial charge on any atom is 0.337 e. The topological polar surface area (TPSA) is 77.0 Å². The Morgan fingerprint density at radius 3 is 2.56 bits per heavy atom. The van der Waals surface area contributed by atoms with E-state index in [2.05, 4.69) is 31.2 Å². The molecule has 0 saturated carbocycles. The van der Waals surface area contributed by atoms with E-state index in [-0.39, 0.29) is 12.5 Å². The van der Waals surface area contributed by atoms with E-state index in [1.54, 1.807) is 30.3 Å². The number of halogens is 1. The molecule has 0 aliphatic carbocycles. The maximum absolute atomic E-state index is 11.7. The minimum absolute atomic E-state index is 0.153. The van der Waals surface area contributed by atoms with Crippen LogP contribution in [0.4, 0.5) is 0 Å². The van der Waals surface area contributed by atoms with Crippen LogP contribution in [0.5, 0.6) is 5.75 Å². The van der Waals surface area contributed by atoms with Crippen molar-refractivity contribution in [2.75, 3.05) is 13.7 Å². The van der Waals surface area contributed by atoms with Crippen molar-refractivity contribution in [1.82, 2.24) is 5.43 Å². The lowest BCUT2D eigenvalue weighted by atomic mass is 10.1. The fraction of sp³-hybridized carbons (Fsp3) is 0.167. The highest BCUT2D eigenvalue weighted by molar-refractivity contribution is 9.10. The molecule has 0 unspecified atom stereocenters. The number of esters is 1. The molecule has 7 heteroatoms. The lowest BCUT2D eigenvalue weighted by Crippen LogP contribution is -2.24. The van der Waals surface area contributed by atoms with Gasteiger partial charge in [0.05, 0.1) is 23.4 Å². The first-order valence-electron chi connectivity index (χ1n) is 7.39. The van der Waals surface area contributed by atoms with E-state index >= 15 is 0 Å². The summed E-state index contributed by atoms with van der Waals surface area (Å²) in [4.78, 5) is 23.1. The van der Waals surface area contributed by atoms with Crippen LogP contribution < -0.4 is 10.2 Å². The highest BCUT2D eigenvalue weighted by atomic mass is 79.9. The molecule has 0 saturated heterocycles. The smallest absolute Gasteiger partial charge is 0.337 e. The van der Waals surface area contributed by atoms with Gasteiger partial charge in [-0.2, -0.15) is 5.10 Å². The maximum atomic E-state index is 11.7. The minimum Gasteiger partial charge on any atom is -0.483 e. The van der Waals surface area contributed by atoms with Gasteiger partial charge < -0.3 is 9.47 Å². The van der Waals surface area contributed by atoms with Crippen LogP contribution in [0.25, 0.3) is 0 Å². The number of hydrazone groups is 1. The Morgan fingerprint density at radius 2 is 1.92 bits per heavy atom. The second-order valence-corrected chi connectivity index (χ2v) is 5.98. The molecule has 1 N–H and O–H groups in total. The Hall–Kier alpha value is -2.67. The molecule has 2 rings (SSSR count). The number of amides is 1. The van der Waals surface area contributed by atoms with E-state index in [1.807, 2.05) is 19.1 Å². The van der Waals surface area contributed by atoms with Crippen LogP contribution in [0.1, 0.15) is 21.5 Å².